The number of benzene rings is 1. The van der Waals surface area contributed by atoms with Crippen LogP contribution in [0.3, 0.4) is 0 Å². The van der Waals surface area contributed by atoms with Crippen molar-refractivity contribution >= 4 is 22.7 Å². The Morgan fingerprint density at radius 1 is 1.32 bits per heavy atom. The molecule has 1 N–H and O–H groups in total. The molecule has 1 aliphatic rings. The van der Waals surface area contributed by atoms with Crippen LogP contribution in [0.15, 0.2) is 42.4 Å². The lowest BCUT2D eigenvalue weighted by molar-refractivity contribution is 0.0267. The maximum Gasteiger partial charge on any atom is 0.410 e. The van der Waals surface area contributed by atoms with Gasteiger partial charge in [0, 0.05) is 31.2 Å². The van der Waals surface area contributed by atoms with Crippen LogP contribution in [0.1, 0.15) is 20.8 Å². The van der Waals surface area contributed by atoms with Crippen molar-refractivity contribution < 1.29 is 14.4 Å². The SMILES string of the molecule is CN(CC1=CN(c2cn(C)c3ccccc23)NO1)C(=O)OC(C)(C)C. The Morgan fingerprint density at radius 2 is 2.04 bits per heavy atom. The van der Waals surface area contributed by atoms with Gasteiger partial charge in [-0.3, -0.25) is 0 Å². The summed E-state index contributed by atoms with van der Waals surface area (Å²) < 4.78 is 7.41. The van der Waals surface area contributed by atoms with Crippen molar-refractivity contribution in [2.24, 2.45) is 7.05 Å². The van der Waals surface area contributed by atoms with Gasteiger partial charge >= 0.3 is 6.09 Å². The van der Waals surface area contributed by atoms with Crippen LogP contribution in [-0.2, 0) is 16.6 Å². The Balaban J connectivity index is 1.73. The lowest BCUT2D eigenvalue weighted by Gasteiger charge is -2.24. The maximum absolute atomic E-state index is 12.1. The van der Waals surface area contributed by atoms with Gasteiger partial charge in [-0.05, 0) is 26.8 Å². The highest BCUT2D eigenvalue weighted by Gasteiger charge is 2.24. The number of para-hydroxylation sites is 1. The van der Waals surface area contributed by atoms with Crippen LogP contribution >= 0.6 is 0 Å². The molecule has 0 bridgehead atoms. The van der Waals surface area contributed by atoms with Crippen LogP contribution < -0.4 is 10.6 Å². The Labute approximate surface area is 147 Å². The molecule has 1 aromatic carbocycles. The van der Waals surface area contributed by atoms with Crippen LogP contribution in [-0.4, -0.2) is 34.8 Å². The standard InChI is InChI=1S/C18H24N4O3/c1-18(2,3)24-17(23)21(5)10-13-11-22(19-25-13)16-12-20(4)15-9-7-6-8-14(15)16/h6-9,11-12,19H,10H2,1-5H3. The van der Waals surface area contributed by atoms with Gasteiger partial charge in [-0.1, -0.05) is 23.8 Å². The first-order chi connectivity index (χ1) is 11.7. The van der Waals surface area contributed by atoms with E-state index in [1.54, 1.807) is 12.1 Å². The molecule has 2 heterocycles. The summed E-state index contributed by atoms with van der Waals surface area (Å²) in [6.07, 6.45) is 3.47. The number of aromatic nitrogens is 1. The number of hydrogen-bond donors (Lipinski definition) is 1. The number of carbonyl (C=O) groups excluding carboxylic acids is 1. The number of hydrazine groups is 1. The first kappa shape index (κ1) is 17.2. The second kappa shape index (κ2) is 6.33. The van der Waals surface area contributed by atoms with Crippen molar-refractivity contribution in [1.29, 1.82) is 0 Å². The maximum atomic E-state index is 12.1. The minimum absolute atomic E-state index is 0.309. The molecule has 1 amide bonds. The molecule has 25 heavy (non-hydrogen) atoms. The highest BCUT2D eigenvalue weighted by atomic mass is 16.7. The summed E-state index contributed by atoms with van der Waals surface area (Å²) in [7, 11) is 3.68. The van der Waals surface area contributed by atoms with E-state index in [2.05, 4.69) is 22.3 Å². The normalized spacial score (nSPS) is 14.4. The monoisotopic (exact) mass is 344 g/mol. The largest absolute Gasteiger partial charge is 0.444 e. The first-order valence-electron chi connectivity index (χ1n) is 8.15. The minimum Gasteiger partial charge on any atom is -0.444 e. The molecule has 3 rings (SSSR count). The van der Waals surface area contributed by atoms with E-state index in [-0.39, 0.29) is 6.09 Å². The predicted molar refractivity (Wildman–Crippen MR) is 96.6 cm³/mol. The second-order valence-electron chi connectivity index (χ2n) is 7.14. The van der Waals surface area contributed by atoms with Crippen molar-refractivity contribution in [2.45, 2.75) is 26.4 Å². The molecule has 134 valence electrons. The molecule has 0 spiro atoms. The topological polar surface area (TPSA) is 59.0 Å². The molecule has 7 heteroatoms. The Morgan fingerprint density at radius 3 is 2.76 bits per heavy atom. The van der Waals surface area contributed by atoms with Crippen LogP contribution in [0.2, 0.25) is 0 Å². The number of aryl methyl sites for hydroxylation is 1. The molecule has 0 aliphatic carbocycles. The first-order valence-corrected chi connectivity index (χ1v) is 8.15. The lowest BCUT2D eigenvalue weighted by Crippen LogP contribution is -2.35. The van der Waals surface area contributed by atoms with E-state index in [1.807, 2.05) is 52.3 Å². The Bertz CT molecular complexity index is 819. The number of nitrogens with one attached hydrogen (secondary N) is 1. The summed E-state index contributed by atoms with van der Waals surface area (Å²) in [6.45, 7) is 5.83. The minimum atomic E-state index is -0.524. The number of rotatable bonds is 3. The number of likely N-dealkylation sites (N-methyl/N-ethyl adjacent to an activating group) is 1. The van der Waals surface area contributed by atoms with Crippen LogP contribution in [0.25, 0.3) is 10.9 Å². The van der Waals surface area contributed by atoms with Gasteiger partial charge in [0.15, 0.2) is 5.76 Å². The van der Waals surface area contributed by atoms with E-state index >= 15 is 0 Å². The van der Waals surface area contributed by atoms with Crippen molar-refractivity contribution in [3.63, 3.8) is 0 Å². The average molecular weight is 344 g/mol. The van der Waals surface area contributed by atoms with Gasteiger partial charge in [-0.15, -0.1) is 0 Å². The number of carbonyl (C=O) groups is 1. The van der Waals surface area contributed by atoms with Crippen molar-refractivity contribution in [3.8, 4) is 0 Å². The number of fused-ring (bicyclic) bond motifs is 1. The fourth-order valence-electron chi connectivity index (χ4n) is 2.65. The fourth-order valence-corrected chi connectivity index (χ4v) is 2.65. The summed E-state index contributed by atoms with van der Waals surface area (Å²) >= 11 is 0. The van der Waals surface area contributed by atoms with Crippen LogP contribution in [0.4, 0.5) is 10.5 Å². The van der Waals surface area contributed by atoms with Crippen molar-refractivity contribution in [3.05, 3.63) is 42.4 Å². The average Bonchev–Trinajstić information content (AvgIpc) is 3.11. The Hall–Kier alpha value is -2.67. The lowest BCUT2D eigenvalue weighted by atomic mass is 10.2. The summed E-state index contributed by atoms with van der Waals surface area (Å²) in [4.78, 5) is 19.0. The number of ether oxygens (including phenoxy) is 1. The van der Waals surface area contributed by atoms with E-state index in [4.69, 9.17) is 9.57 Å². The fraction of sp³-hybridized carbons (Fsp3) is 0.389. The summed E-state index contributed by atoms with van der Waals surface area (Å²) in [5, 5.41) is 2.92. The number of hydrogen-bond acceptors (Lipinski definition) is 5. The molecule has 0 radical (unpaired) electrons. The molecular weight excluding hydrogens is 320 g/mol. The summed E-state index contributed by atoms with van der Waals surface area (Å²) in [6, 6.07) is 8.14. The van der Waals surface area contributed by atoms with E-state index in [1.165, 1.54) is 4.90 Å². The molecule has 0 saturated heterocycles. The third-order valence-corrected chi connectivity index (χ3v) is 3.78. The summed E-state index contributed by atoms with van der Waals surface area (Å²) in [5.41, 5.74) is 4.46. The number of nitrogens with zero attached hydrogens (tertiary/aromatic N) is 3. The van der Waals surface area contributed by atoms with E-state index in [0.29, 0.717) is 12.3 Å². The van der Waals surface area contributed by atoms with Crippen LogP contribution in [0, 0.1) is 0 Å². The zero-order chi connectivity index (χ0) is 18.2. The van der Waals surface area contributed by atoms with Crippen molar-refractivity contribution in [2.75, 3.05) is 18.6 Å². The van der Waals surface area contributed by atoms with E-state index < -0.39 is 5.60 Å². The third kappa shape index (κ3) is 3.71. The van der Waals surface area contributed by atoms with Crippen LogP contribution in [0.5, 0.6) is 0 Å². The highest BCUT2D eigenvalue weighted by Crippen LogP contribution is 2.29. The van der Waals surface area contributed by atoms with Crippen molar-refractivity contribution in [1.82, 2.24) is 15.1 Å². The van der Waals surface area contributed by atoms with Gasteiger partial charge in [0.1, 0.15) is 5.60 Å². The quantitative estimate of drug-likeness (QED) is 0.927. The molecule has 2 aromatic rings. The van der Waals surface area contributed by atoms with Gasteiger partial charge in [-0.2, -0.15) is 0 Å². The van der Waals surface area contributed by atoms with Gasteiger partial charge in [-0.25, -0.2) is 9.80 Å². The summed E-state index contributed by atoms with van der Waals surface area (Å²) in [5.74, 6) is 0.626. The van der Waals surface area contributed by atoms with Gasteiger partial charge < -0.3 is 19.0 Å². The Kier molecular flexibility index (Phi) is 4.34. The molecule has 0 unspecified atom stereocenters. The molecular formula is C18H24N4O3. The second-order valence-corrected chi connectivity index (χ2v) is 7.14. The molecule has 0 fully saturated rings. The van der Waals surface area contributed by atoms with Gasteiger partial charge in [0.2, 0.25) is 0 Å². The molecule has 0 saturated carbocycles. The van der Waals surface area contributed by atoms with E-state index in [9.17, 15) is 4.79 Å². The molecule has 1 aromatic heterocycles. The van der Waals surface area contributed by atoms with E-state index in [0.717, 1.165) is 16.6 Å². The van der Waals surface area contributed by atoms with Gasteiger partial charge in [0.25, 0.3) is 0 Å². The molecule has 0 atom stereocenters. The molecule has 1 aliphatic heterocycles. The molecule has 7 nitrogen and oxygen atoms in total. The zero-order valence-electron chi connectivity index (χ0n) is 15.2. The van der Waals surface area contributed by atoms with Gasteiger partial charge in [0.05, 0.1) is 18.4 Å². The smallest absolute Gasteiger partial charge is 0.410 e. The zero-order valence-corrected chi connectivity index (χ0v) is 15.2. The predicted octanol–water partition coefficient (Wildman–Crippen LogP) is 3.14. The highest BCUT2D eigenvalue weighted by molar-refractivity contribution is 5.93. The number of anilines is 1. The third-order valence-electron chi connectivity index (χ3n) is 3.78. The number of amides is 1.